The third-order valence-corrected chi connectivity index (χ3v) is 1.52. The van der Waals surface area contributed by atoms with E-state index in [0.717, 1.165) is 0 Å². The van der Waals surface area contributed by atoms with Gasteiger partial charge in [0.1, 0.15) is 5.94 Å². The first-order chi connectivity index (χ1) is 4.88. The Labute approximate surface area is 58.9 Å². The van der Waals surface area contributed by atoms with Crippen LogP contribution in [0.2, 0.25) is 0 Å². The highest BCUT2D eigenvalue weighted by atomic mass is 16.5. The molecule has 0 aromatic rings. The van der Waals surface area contributed by atoms with Gasteiger partial charge in [0.25, 0.3) is 0 Å². The fourth-order valence-electron chi connectivity index (χ4n) is 0.901. The molecule has 1 rings (SSSR count). The van der Waals surface area contributed by atoms with Crippen molar-refractivity contribution in [2.45, 2.75) is 6.42 Å². The van der Waals surface area contributed by atoms with E-state index in [1.54, 1.807) is 5.94 Å². The van der Waals surface area contributed by atoms with E-state index in [2.05, 4.69) is 0 Å². The summed E-state index contributed by atoms with van der Waals surface area (Å²) < 4.78 is 4.95. The molecule has 1 fully saturated rings. The van der Waals surface area contributed by atoms with Gasteiger partial charge in [-0.25, -0.2) is 4.79 Å². The molecule has 1 saturated heterocycles. The molecule has 0 N–H and O–H groups in total. The van der Waals surface area contributed by atoms with Gasteiger partial charge >= 0.3 is 0 Å². The van der Waals surface area contributed by atoms with Gasteiger partial charge in [0.2, 0.25) is 0 Å². The zero-order chi connectivity index (χ0) is 7.40. The maximum absolute atomic E-state index is 10.1. The molecule has 0 aromatic heterocycles. The van der Waals surface area contributed by atoms with E-state index in [1.165, 1.54) is 0 Å². The lowest BCUT2D eigenvalue weighted by Gasteiger charge is -2.16. The largest absolute Gasteiger partial charge is 0.376 e. The van der Waals surface area contributed by atoms with Gasteiger partial charge in [-0.2, -0.15) is 5.26 Å². The van der Waals surface area contributed by atoms with E-state index in [-0.39, 0.29) is 12.5 Å². The number of hydrogen-bond acceptors (Lipinski definition) is 3. The Hall–Kier alpha value is -1.10. The predicted octanol–water partition coefficient (Wildman–Crippen LogP) is 0.304. The average molecular weight is 137 g/mol. The zero-order valence-electron chi connectivity index (χ0n) is 5.46. The van der Waals surface area contributed by atoms with Gasteiger partial charge in [-0.1, -0.05) is 0 Å². The van der Waals surface area contributed by atoms with Gasteiger partial charge in [0, 0.05) is 6.61 Å². The molecule has 3 nitrogen and oxygen atoms in total. The Morgan fingerprint density at radius 3 is 3.00 bits per heavy atom. The molecule has 1 aliphatic rings. The van der Waals surface area contributed by atoms with Crippen LogP contribution in [0.4, 0.5) is 0 Å². The number of carbonyl (C=O) groups excluding carboxylic acids is 1. The number of ether oxygens (including phenoxy) is 1. The van der Waals surface area contributed by atoms with Gasteiger partial charge in [0.05, 0.1) is 24.2 Å². The van der Waals surface area contributed by atoms with Gasteiger partial charge in [-0.3, -0.25) is 0 Å². The first-order valence-electron chi connectivity index (χ1n) is 3.09. The van der Waals surface area contributed by atoms with E-state index in [1.807, 2.05) is 6.07 Å². The SMILES string of the molecule is N#CC1CCOCC1=C=O. The molecule has 1 aliphatic heterocycles. The molecule has 1 heterocycles. The lowest BCUT2D eigenvalue weighted by atomic mass is 9.98. The smallest absolute Gasteiger partial charge is 0.127 e. The summed E-state index contributed by atoms with van der Waals surface area (Å²) in [6.07, 6.45) is 0.626. The first-order valence-corrected chi connectivity index (χ1v) is 3.09. The Morgan fingerprint density at radius 1 is 1.70 bits per heavy atom. The van der Waals surface area contributed by atoms with Crippen molar-refractivity contribution in [3.8, 4) is 6.07 Å². The molecule has 0 aliphatic carbocycles. The molecule has 0 radical (unpaired) electrons. The van der Waals surface area contributed by atoms with Crippen LogP contribution in [0.5, 0.6) is 0 Å². The summed E-state index contributed by atoms with van der Waals surface area (Å²) in [7, 11) is 0. The lowest BCUT2D eigenvalue weighted by Crippen LogP contribution is -2.18. The number of nitrogens with zero attached hydrogens (tertiary/aromatic N) is 1. The summed E-state index contributed by atoms with van der Waals surface area (Å²) in [4.78, 5) is 10.1. The molecule has 0 bridgehead atoms. The number of rotatable bonds is 0. The van der Waals surface area contributed by atoms with Gasteiger partial charge in [0.15, 0.2) is 0 Å². The van der Waals surface area contributed by atoms with E-state index < -0.39 is 0 Å². The quantitative estimate of drug-likeness (QED) is 0.451. The average Bonchev–Trinajstić information content (AvgIpc) is 2.04. The summed E-state index contributed by atoms with van der Waals surface area (Å²) in [6.45, 7) is 0.852. The summed E-state index contributed by atoms with van der Waals surface area (Å²) in [6, 6.07) is 2.03. The zero-order valence-corrected chi connectivity index (χ0v) is 5.46. The molecule has 52 valence electrons. The van der Waals surface area contributed by atoms with Gasteiger partial charge in [-0.05, 0) is 6.42 Å². The van der Waals surface area contributed by atoms with Crippen LogP contribution < -0.4 is 0 Å². The second-order valence-corrected chi connectivity index (χ2v) is 2.15. The van der Waals surface area contributed by atoms with Crippen molar-refractivity contribution >= 4 is 5.94 Å². The van der Waals surface area contributed by atoms with E-state index >= 15 is 0 Å². The van der Waals surface area contributed by atoms with Crippen LogP contribution in [0.15, 0.2) is 5.57 Å². The fraction of sp³-hybridized carbons (Fsp3) is 0.571. The second-order valence-electron chi connectivity index (χ2n) is 2.15. The van der Waals surface area contributed by atoms with Crippen molar-refractivity contribution in [3.05, 3.63) is 5.57 Å². The maximum Gasteiger partial charge on any atom is 0.127 e. The standard InChI is InChI=1S/C7H7NO2/c8-3-6-1-2-10-5-7(6)4-9/h6H,1-2,5H2. The van der Waals surface area contributed by atoms with Crippen molar-refractivity contribution in [2.75, 3.05) is 13.2 Å². The molecular weight excluding hydrogens is 130 g/mol. The van der Waals surface area contributed by atoms with Crippen molar-refractivity contribution in [2.24, 2.45) is 5.92 Å². The van der Waals surface area contributed by atoms with Gasteiger partial charge in [-0.15, -0.1) is 0 Å². The van der Waals surface area contributed by atoms with Crippen molar-refractivity contribution in [1.82, 2.24) is 0 Å². The molecule has 1 unspecified atom stereocenters. The monoisotopic (exact) mass is 137 g/mol. The van der Waals surface area contributed by atoms with Crippen LogP contribution in [0.3, 0.4) is 0 Å². The third-order valence-electron chi connectivity index (χ3n) is 1.52. The summed E-state index contributed by atoms with van der Waals surface area (Å²) in [5, 5.41) is 8.49. The Bertz CT molecular complexity index is 210. The van der Waals surface area contributed by atoms with Crippen LogP contribution in [-0.2, 0) is 9.53 Å². The van der Waals surface area contributed by atoms with Crippen molar-refractivity contribution in [3.63, 3.8) is 0 Å². The normalized spacial score (nSPS) is 25.1. The highest BCUT2D eigenvalue weighted by molar-refractivity contribution is 5.55. The minimum Gasteiger partial charge on any atom is -0.376 e. The number of nitriles is 1. The van der Waals surface area contributed by atoms with Crippen LogP contribution in [0, 0.1) is 17.2 Å². The maximum atomic E-state index is 10.1. The van der Waals surface area contributed by atoms with Crippen LogP contribution in [0.25, 0.3) is 0 Å². The lowest BCUT2D eigenvalue weighted by molar-refractivity contribution is 0.119. The van der Waals surface area contributed by atoms with Crippen LogP contribution in [0.1, 0.15) is 6.42 Å². The fourth-order valence-corrected chi connectivity index (χ4v) is 0.901. The van der Waals surface area contributed by atoms with E-state index in [9.17, 15) is 4.79 Å². The Balaban J connectivity index is 2.71. The molecule has 3 heteroatoms. The summed E-state index contributed by atoms with van der Waals surface area (Å²) in [5.41, 5.74) is 0.453. The first kappa shape index (κ1) is 7.01. The molecular formula is C7H7NO2. The highest BCUT2D eigenvalue weighted by Gasteiger charge is 2.19. The number of hydrogen-bond donors (Lipinski definition) is 0. The molecule has 0 spiro atoms. The third kappa shape index (κ3) is 1.24. The topological polar surface area (TPSA) is 50.1 Å². The molecule has 0 saturated carbocycles. The van der Waals surface area contributed by atoms with E-state index in [0.29, 0.717) is 18.6 Å². The van der Waals surface area contributed by atoms with Crippen molar-refractivity contribution < 1.29 is 9.53 Å². The summed E-state index contributed by atoms with van der Waals surface area (Å²) in [5.74, 6) is 1.47. The minimum atomic E-state index is -0.258. The van der Waals surface area contributed by atoms with Crippen molar-refractivity contribution in [1.29, 1.82) is 5.26 Å². The predicted molar refractivity (Wildman–Crippen MR) is 33.7 cm³/mol. The van der Waals surface area contributed by atoms with E-state index in [4.69, 9.17) is 10.00 Å². The molecule has 0 amide bonds. The Morgan fingerprint density at radius 2 is 2.50 bits per heavy atom. The van der Waals surface area contributed by atoms with Crippen LogP contribution in [-0.4, -0.2) is 19.2 Å². The summed E-state index contributed by atoms with van der Waals surface area (Å²) >= 11 is 0. The molecule has 10 heavy (non-hydrogen) atoms. The molecule has 1 atom stereocenters. The Kier molecular flexibility index (Phi) is 2.22. The highest BCUT2D eigenvalue weighted by Crippen LogP contribution is 2.16. The second kappa shape index (κ2) is 3.17. The van der Waals surface area contributed by atoms with Crippen LogP contribution >= 0.6 is 0 Å². The minimum absolute atomic E-state index is 0.258. The molecule has 0 aromatic carbocycles. The van der Waals surface area contributed by atoms with Gasteiger partial charge < -0.3 is 4.74 Å².